The van der Waals surface area contributed by atoms with E-state index < -0.39 is 23.6 Å². The molecule has 0 atom stereocenters. The Balaban J connectivity index is 1.93. The van der Waals surface area contributed by atoms with Crippen LogP contribution in [0.5, 0.6) is 0 Å². The van der Waals surface area contributed by atoms with Crippen LogP contribution in [-0.2, 0) is 10.9 Å². The van der Waals surface area contributed by atoms with E-state index in [1.807, 2.05) is 0 Å². The number of aromatic nitrogens is 1. The van der Waals surface area contributed by atoms with Gasteiger partial charge < -0.3 is 15.4 Å². The lowest BCUT2D eigenvalue weighted by Crippen LogP contribution is -2.15. The lowest BCUT2D eigenvalue weighted by molar-refractivity contribution is -0.137. The van der Waals surface area contributed by atoms with Gasteiger partial charge in [-0.2, -0.15) is 13.2 Å². The maximum atomic E-state index is 13.2. The van der Waals surface area contributed by atoms with Crippen molar-refractivity contribution in [3.8, 4) is 0 Å². The average molecular weight is 429 g/mol. The molecular weight excluding hydrogens is 411 g/mol. The van der Waals surface area contributed by atoms with Crippen molar-refractivity contribution in [3.05, 3.63) is 83.7 Å². The van der Waals surface area contributed by atoms with Crippen molar-refractivity contribution in [2.45, 2.75) is 13.1 Å². The lowest BCUT2D eigenvalue weighted by Gasteiger charge is -2.16. The van der Waals surface area contributed by atoms with Gasteiger partial charge in [-0.1, -0.05) is 6.07 Å². The Morgan fingerprint density at radius 3 is 2.45 bits per heavy atom. The fourth-order valence-electron chi connectivity index (χ4n) is 2.72. The molecule has 160 valence electrons. The third-order valence-electron chi connectivity index (χ3n) is 4.17. The Hall–Kier alpha value is -3.88. The van der Waals surface area contributed by atoms with E-state index in [0.29, 0.717) is 5.69 Å². The summed E-state index contributed by atoms with van der Waals surface area (Å²) in [6.07, 6.45) is -1.81. The van der Waals surface area contributed by atoms with E-state index in [-0.39, 0.29) is 29.1 Å². The lowest BCUT2D eigenvalue weighted by atomic mass is 10.1. The fraction of sp³-hybridized carbons (Fsp3) is 0.136. The molecule has 1 aromatic heterocycles. The molecule has 1 heterocycles. The number of ether oxygens (including phenoxy) is 1. The van der Waals surface area contributed by atoms with Crippen molar-refractivity contribution in [2.75, 3.05) is 17.2 Å². The summed E-state index contributed by atoms with van der Waals surface area (Å²) < 4.78 is 44.6. The summed E-state index contributed by atoms with van der Waals surface area (Å²) in [6, 6.07) is 12.3. The molecule has 0 fully saturated rings. The predicted octanol–water partition coefficient (Wildman–Crippen LogP) is 5.27. The molecule has 0 radical (unpaired) electrons. The van der Waals surface area contributed by atoms with Crippen molar-refractivity contribution in [2.24, 2.45) is 0 Å². The first-order valence-electron chi connectivity index (χ1n) is 9.24. The van der Waals surface area contributed by atoms with Crippen molar-refractivity contribution in [3.63, 3.8) is 0 Å². The van der Waals surface area contributed by atoms with Crippen molar-refractivity contribution >= 4 is 28.9 Å². The number of alkyl halides is 3. The number of hydrogen-bond donors (Lipinski definition) is 2. The Morgan fingerprint density at radius 1 is 1.00 bits per heavy atom. The third kappa shape index (κ3) is 5.59. The molecule has 2 aromatic carbocycles. The molecule has 0 spiro atoms. The quantitative estimate of drug-likeness (QED) is 0.522. The predicted molar refractivity (Wildman–Crippen MR) is 109 cm³/mol. The topological polar surface area (TPSA) is 80.3 Å². The summed E-state index contributed by atoms with van der Waals surface area (Å²) in [6.45, 7) is 1.89. The van der Waals surface area contributed by atoms with E-state index in [9.17, 15) is 22.8 Å². The molecular formula is C22H18F3N3O3. The number of benzene rings is 2. The van der Waals surface area contributed by atoms with Crippen LogP contribution in [0.25, 0.3) is 0 Å². The fourth-order valence-corrected chi connectivity index (χ4v) is 2.72. The molecule has 3 rings (SSSR count). The molecule has 31 heavy (non-hydrogen) atoms. The summed E-state index contributed by atoms with van der Waals surface area (Å²) in [7, 11) is 0. The Morgan fingerprint density at radius 2 is 1.77 bits per heavy atom. The van der Waals surface area contributed by atoms with Gasteiger partial charge >= 0.3 is 12.1 Å². The third-order valence-corrected chi connectivity index (χ3v) is 4.17. The van der Waals surface area contributed by atoms with Gasteiger partial charge in [0.25, 0.3) is 5.91 Å². The van der Waals surface area contributed by atoms with Crippen LogP contribution in [0.1, 0.15) is 33.2 Å². The average Bonchev–Trinajstić information content (AvgIpc) is 2.75. The Labute approximate surface area is 176 Å². The number of pyridine rings is 1. The first kappa shape index (κ1) is 21.8. The van der Waals surface area contributed by atoms with E-state index in [2.05, 4.69) is 15.6 Å². The van der Waals surface area contributed by atoms with Gasteiger partial charge in [0.05, 0.1) is 34.7 Å². The number of carbonyl (C=O) groups excluding carboxylic acids is 2. The van der Waals surface area contributed by atoms with Crippen LogP contribution in [-0.4, -0.2) is 23.5 Å². The van der Waals surface area contributed by atoms with Gasteiger partial charge in [-0.25, -0.2) is 4.79 Å². The van der Waals surface area contributed by atoms with Crippen LogP contribution >= 0.6 is 0 Å². The number of halogens is 3. The zero-order chi connectivity index (χ0) is 22.4. The Bertz CT molecular complexity index is 1090. The summed E-state index contributed by atoms with van der Waals surface area (Å²) in [5.41, 5.74) is 0.119. The van der Waals surface area contributed by atoms with E-state index in [0.717, 1.165) is 12.1 Å². The number of anilines is 3. The number of hydrogen-bond acceptors (Lipinski definition) is 5. The summed E-state index contributed by atoms with van der Waals surface area (Å²) in [5, 5.41) is 5.42. The normalized spacial score (nSPS) is 11.0. The molecule has 3 aromatic rings. The standard InChI is InChI=1S/C22H18F3N3O3/c1-2-31-21(30)14-5-3-7-17(11-14)27-18-9-8-16(22(23,24)25)12-19(18)28-20(29)15-6-4-10-26-13-15/h3-13,27H,2H2,1H3,(H,28,29). The van der Waals surface area contributed by atoms with E-state index in [1.165, 1.54) is 30.6 Å². The molecule has 1 amide bonds. The van der Waals surface area contributed by atoms with Gasteiger partial charge in [0.2, 0.25) is 0 Å². The molecule has 0 aliphatic rings. The monoisotopic (exact) mass is 429 g/mol. The number of nitrogens with one attached hydrogen (secondary N) is 2. The zero-order valence-electron chi connectivity index (χ0n) is 16.4. The largest absolute Gasteiger partial charge is 0.462 e. The highest BCUT2D eigenvalue weighted by Gasteiger charge is 2.31. The maximum absolute atomic E-state index is 13.2. The van der Waals surface area contributed by atoms with Gasteiger partial charge in [0, 0.05) is 18.1 Å². The summed E-state index contributed by atoms with van der Waals surface area (Å²) in [4.78, 5) is 28.2. The second-order valence-corrected chi connectivity index (χ2v) is 6.38. The smallest absolute Gasteiger partial charge is 0.416 e. The number of amides is 1. The van der Waals surface area contributed by atoms with Gasteiger partial charge in [0.15, 0.2) is 0 Å². The highest BCUT2D eigenvalue weighted by Crippen LogP contribution is 2.35. The van der Waals surface area contributed by atoms with Crippen LogP contribution in [0.3, 0.4) is 0 Å². The number of nitrogens with zero attached hydrogens (tertiary/aromatic N) is 1. The molecule has 0 saturated heterocycles. The van der Waals surface area contributed by atoms with Crippen molar-refractivity contribution in [1.82, 2.24) is 4.98 Å². The van der Waals surface area contributed by atoms with Crippen molar-refractivity contribution < 1.29 is 27.5 Å². The second kappa shape index (κ2) is 9.29. The van der Waals surface area contributed by atoms with Crippen molar-refractivity contribution in [1.29, 1.82) is 0 Å². The minimum atomic E-state index is -4.59. The van der Waals surface area contributed by atoms with Gasteiger partial charge in [0.1, 0.15) is 0 Å². The molecule has 0 aliphatic carbocycles. The highest BCUT2D eigenvalue weighted by atomic mass is 19.4. The number of carbonyl (C=O) groups is 2. The molecule has 0 aliphatic heterocycles. The van der Waals surface area contributed by atoms with Crippen LogP contribution in [0.4, 0.5) is 30.2 Å². The van der Waals surface area contributed by atoms with Crippen LogP contribution in [0.2, 0.25) is 0 Å². The number of rotatable bonds is 6. The molecule has 0 saturated carbocycles. The molecule has 0 unspecified atom stereocenters. The zero-order valence-corrected chi connectivity index (χ0v) is 16.4. The minimum Gasteiger partial charge on any atom is -0.462 e. The molecule has 6 nitrogen and oxygen atoms in total. The summed E-state index contributed by atoms with van der Waals surface area (Å²) >= 11 is 0. The first-order valence-corrected chi connectivity index (χ1v) is 9.24. The molecule has 2 N–H and O–H groups in total. The first-order chi connectivity index (χ1) is 14.8. The van der Waals surface area contributed by atoms with E-state index in [1.54, 1.807) is 31.2 Å². The molecule has 0 bridgehead atoms. The number of esters is 1. The van der Waals surface area contributed by atoms with Gasteiger partial charge in [-0.05, 0) is 55.5 Å². The van der Waals surface area contributed by atoms with E-state index in [4.69, 9.17) is 4.74 Å². The second-order valence-electron chi connectivity index (χ2n) is 6.38. The van der Waals surface area contributed by atoms with Crippen LogP contribution in [0, 0.1) is 0 Å². The molecule has 9 heteroatoms. The maximum Gasteiger partial charge on any atom is 0.416 e. The van der Waals surface area contributed by atoms with Crippen LogP contribution in [0.15, 0.2) is 67.0 Å². The van der Waals surface area contributed by atoms with E-state index >= 15 is 0 Å². The minimum absolute atomic E-state index is 0.0785. The van der Waals surface area contributed by atoms with Gasteiger partial charge in [-0.15, -0.1) is 0 Å². The van der Waals surface area contributed by atoms with Gasteiger partial charge in [-0.3, -0.25) is 9.78 Å². The highest BCUT2D eigenvalue weighted by molar-refractivity contribution is 6.06. The Kier molecular flexibility index (Phi) is 6.54. The summed E-state index contributed by atoms with van der Waals surface area (Å²) in [5.74, 6) is -1.14. The van der Waals surface area contributed by atoms with Crippen LogP contribution < -0.4 is 10.6 Å². The SMILES string of the molecule is CCOC(=O)c1cccc(Nc2ccc(C(F)(F)F)cc2NC(=O)c2cccnc2)c1.